The van der Waals surface area contributed by atoms with Gasteiger partial charge in [0.2, 0.25) is 0 Å². The molecule has 0 radical (unpaired) electrons. The molecule has 0 spiro atoms. The molecular weight excluding hydrogens is 395 g/mol. The van der Waals surface area contributed by atoms with E-state index in [0.29, 0.717) is 24.3 Å². The Morgan fingerprint density at radius 1 is 1.27 bits per heavy atom. The van der Waals surface area contributed by atoms with E-state index in [1.807, 2.05) is 36.6 Å². The third-order valence-corrected chi connectivity index (χ3v) is 5.13. The van der Waals surface area contributed by atoms with Crippen LogP contribution < -0.4 is 0 Å². The van der Waals surface area contributed by atoms with Crippen molar-refractivity contribution in [2.75, 3.05) is 0 Å². The zero-order valence-corrected chi connectivity index (χ0v) is 17.1. The highest BCUT2D eigenvalue weighted by molar-refractivity contribution is 5.85. The molecule has 6 nitrogen and oxygen atoms in total. The van der Waals surface area contributed by atoms with E-state index in [-0.39, 0.29) is 0 Å². The highest BCUT2D eigenvalue weighted by atomic mass is 19.2. The molecule has 2 aromatic heterocycles. The van der Waals surface area contributed by atoms with Crippen molar-refractivity contribution in [1.82, 2.24) is 25.0 Å². The average Bonchev–Trinajstić information content (AvgIpc) is 3.28. The molecule has 1 N–H and O–H groups in total. The Morgan fingerprint density at radius 3 is 2.73 bits per heavy atom. The summed E-state index contributed by atoms with van der Waals surface area (Å²) < 4.78 is 49.2. The second kappa shape index (κ2) is 7.30. The first-order valence-electron chi connectivity index (χ1n) is 9.69. The lowest BCUT2D eigenvalue weighted by Gasteiger charge is -2.28. The predicted molar refractivity (Wildman–Crippen MR) is 106 cm³/mol. The number of alkyl halides is 1. The summed E-state index contributed by atoms with van der Waals surface area (Å²) in [6, 6.07) is 5.75. The molecule has 1 unspecified atom stereocenters. The topological polar surface area (TPSA) is 68.6 Å². The minimum atomic E-state index is -1.70. The van der Waals surface area contributed by atoms with Crippen LogP contribution in [0.15, 0.2) is 41.7 Å². The number of fused-ring (bicyclic) bond motifs is 1. The molecule has 1 aliphatic carbocycles. The molecule has 2 heterocycles. The fourth-order valence-corrected chi connectivity index (χ4v) is 3.63. The van der Waals surface area contributed by atoms with Crippen molar-refractivity contribution < 1.29 is 17.9 Å². The third-order valence-electron chi connectivity index (χ3n) is 5.13. The van der Waals surface area contributed by atoms with Crippen LogP contribution in [0.2, 0.25) is 0 Å². The highest BCUT2D eigenvalue weighted by Gasteiger charge is 2.35. The van der Waals surface area contributed by atoms with Crippen molar-refractivity contribution in [2.45, 2.75) is 52.4 Å². The molecule has 30 heavy (non-hydrogen) atoms. The van der Waals surface area contributed by atoms with Gasteiger partial charge in [-0.3, -0.25) is 5.10 Å². The van der Waals surface area contributed by atoms with E-state index >= 15 is 0 Å². The molecular formula is C21H22F3N5O. The van der Waals surface area contributed by atoms with Gasteiger partial charge in [0.05, 0.1) is 5.52 Å². The minimum Gasteiger partial charge on any atom is -0.474 e. The molecule has 0 saturated heterocycles. The Balaban J connectivity index is 1.73. The van der Waals surface area contributed by atoms with Gasteiger partial charge in [0, 0.05) is 29.6 Å². The van der Waals surface area contributed by atoms with Crippen molar-refractivity contribution in [3.05, 3.63) is 53.2 Å². The molecule has 0 aliphatic heterocycles. The predicted octanol–water partition coefficient (Wildman–Crippen LogP) is 5.18. The summed E-state index contributed by atoms with van der Waals surface area (Å²) >= 11 is 0. The maximum Gasteiger partial charge on any atom is 0.187 e. The van der Waals surface area contributed by atoms with Crippen LogP contribution in [0.1, 0.15) is 38.7 Å². The molecule has 1 atom stereocenters. The molecule has 1 aromatic carbocycles. The third kappa shape index (κ3) is 3.38. The number of hydrogen-bond acceptors (Lipinski definition) is 4. The number of ether oxygens (including phenoxy) is 1. The van der Waals surface area contributed by atoms with E-state index in [2.05, 4.69) is 20.4 Å². The monoisotopic (exact) mass is 417 g/mol. The van der Waals surface area contributed by atoms with Gasteiger partial charge in [0.15, 0.2) is 28.8 Å². The number of halogens is 3. The lowest BCUT2D eigenvalue weighted by molar-refractivity contribution is 0.0137. The summed E-state index contributed by atoms with van der Waals surface area (Å²) in [4.78, 5) is 0. The Labute approximate surface area is 171 Å². The fraction of sp³-hybridized carbons (Fsp3) is 0.381. The Bertz CT molecular complexity index is 1170. The van der Waals surface area contributed by atoms with Crippen LogP contribution in [-0.4, -0.2) is 31.1 Å². The Hall–Kier alpha value is -3.10. The molecule has 0 fully saturated rings. The number of hydrogen-bond donors (Lipinski definition) is 1. The van der Waals surface area contributed by atoms with E-state index in [9.17, 15) is 13.2 Å². The van der Waals surface area contributed by atoms with Gasteiger partial charge in [0.1, 0.15) is 12.0 Å². The standard InChI is InChI=1S/C21H22F3N5O/c1-5-29-19(12-6-7-17-14(8-12)11(2)25-26-17)27-28-20(29)21(3,4)30-18-15(23)9-13(22)10-16(18)24/h6-9,13H,5,10H2,1-4H3,(H,25,26). The molecule has 1 aliphatic rings. The minimum absolute atomic E-state index is 0.402. The second-order valence-corrected chi connectivity index (χ2v) is 7.75. The molecule has 0 bridgehead atoms. The van der Waals surface area contributed by atoms with E-state index in [1.54, 1.807) is 13.8 Å². The van der Waals surface area contributed by atoms with Crippen LogP contribution >= 0.6 is 0 Å². The van der Waals surface area contributed by atoms with Gasteiger partial charge < -0.3 is 9.30 Å². The van der Waals surface area contributed by atoms with Crippen molar-refractivity contribution >= 4 is 10.9 Å². The van der Waals surface area contributed by atoms with E-state index in [0.717, 1.165) is 22.2 Å². The maximum absolute atomic E-state index is 14.2. The smallest absolute Gasteiger partial charge is 0.187 e. The van der Waals surface area contributed by atoms with Gasteiger partial charge in [0.25, 0.3) is 0 Å². The van der Waals surface area contributed by atoms with Crippen molar-refractivity contribution in [3.63, 3.8) is 0 Å². The van der Waals surface area contributed by atoms with Gasteiger partial charge in [-0.2, -0.15) is 5.10 Å². The lowest BCUT2D eigenvalue weighted by atomic mass is 10.1. The SMILES string of the molecule is CCn1c(-c2ccc3n[nH]c(C)c3c2)nnc1C(C)(C)OC1=C(F)CC(F)C=C1F. The van der Waals surface area contributed by atoms with Gasteiger partial charge in [-0.05, 0) is 52.0 Å². The van der Waals surface area contributed by atoms with Crippen LogP contribution in [0.5, 0.6) is 0 Å². The first-order valence-corrected chi connectivity index (χ1v) is 9.69. The zero-order valence-electron chi connectivity index (χ0n) is 17.1. The van der Waals surface area contributed by atoms with Gasteiger partial charge >= 0.3 is 0 Å². The Kier molecular flexibility index (Phi) is 4.91. The number of aryl methyl sites for hydroxylation is 1. The summed E-state index contributed by atoms with van der Waals surface area (Å²) in [5, 5.41) is 16.7. The van der Waals surface area contributed by atoms with Crippen LogP contribution in [-0.2, 0) is 16.9 Å². The van der Waals surface area contributed by atoms with Gasteiger partial charge in [-0.1, -0.05) is 0 Å². The van der Waals surface area contributed by atoms with Gasteiger partial charge in [-0.15, -0.1) is 10.2 Å². The highest BCUT2D eigenvalue weighted by Crippen LogP contribution is 2.37. The summed E-state index contributed by atoms with van der Waals surface area (Å²) in [5.74, 6) is -1.59. The van der Waals surface area contributed by atoms with Crippen LogP contribution in [0.25, 0.3) is 22.3 Å². The largest absolute Gasteiger partial charge is 0.474 e. The van der Waals surface area contributed by atoms with E-state index in [4.69, 9.17) is 4.74 Å². The number of nitrogens with zero attached hydrogens (tertiary/aromatic N) is 4. The summed E-state index contributed by atoms with van der Waals surface area (Å²) in [6.07, 6.45) is -1.53. The van der Waals surface area contributed by atoms with Crippen LogP contribution in [0.3, 0.4) is 0 Å². The average molecular weight is 417 g/mol. The molecule has 9 heteroatoms. The van der Waals surface area contributed by atoms with Crippen LogP contribution in [0, 0.1) is 6.92 Å². The quantitative estimate of drug-likeness (QED) is 0.621. The van der Waals surface area contributed by atoms with Crippen LogP contribution in [0.4, 0.5) is 13.2 Å². The second-order valence-electron chi connectivity index (χ2n) is 7.75. The molecule has 0 saturated carbocycles. The first-order chi connectivity index (χ1) is 14.2. The van der Waals surface area contributed by atoms with Crippen molar-refractivity contribution in [3.8, 4) is 11.4 Å². The van der Waals surface area contributed by atoms with Gasteiger partial charge in [-0.25, -0.2) is 13.2 Å². The zero-order chi connectivity index (χ0) is 21.6. The number of rotatable bonds is 5. The number of allylic oxidation sites excluding steroid dienone is 3. The summed E-state index contributed by atoms with van der Waals surface area (Å²) in [5.41, 5.74) is 1.40. The number of aromatic nitrogens is 5. The normalized spacial score (nSPS) is 17.6. The summed E-state index contributed by atoms with van der Waals surface area (Å²) in [6.45, 7) is 7.65. The lowest BCUT2D eigenvalue weighted by Crippen LogP contribution is -2.28. The number of H-pyrrole nitrogens is 1. The Morgan fingerprint density at radius 2 is 2.03 bits per heavy atom. The van der Waals surface area contributed by atoms with Crippen molar-refractivity contribution in [2.24, 2.45) is 0 Å². The molecule has 158 valence electrons. The fourth-order valence-electron chi connectivity index (χ4n) is 3.63. The molecule has 0 amide bonds. The summed E-state index contributed by atoms with van der Waals surface area (Å²) in [7, 11) is 0. The van der Waals surface area contributed by atoms with Crippen molar-refractivity contribution in [1.29, 1.82) is 0 Å². The van der Waals surface area contributed by atoms with E-state index in [1.165, 1.54) is 0 Å². The number of benzene rings is 1. The molecule has 4 rings (SSSR count). The maximum atomic E-state index is 14.2. The molecule has 3 aromatic rings. The number of nitrogens with one attached hydrogen (secondary N) is 1. The number of aromatic amines is 1. The van der Waals surface area contributed by atoms with E-state index < -0.39 is 35.6 Å². The first kappa shape index (κ1) is 20.2.